The first-order valence-electron chi connectivity index (χ1n) is 10.9. The zero-order valence-corrected chi connectivity index (χ0v) is 20.7. The lowest BCUT2D eigenvalue weighted by atomic mass is 9.87. The van der Waals surface area contributed by atoms with Crippen molar-refractivity contribution in [3.63, 3.8) is 0 Å². The van der Waals surface area contributed by atoms with E-state index in [1.165, 1.54) is 0 Å². The van der Waals surface area contributed by atoms with Crippen LogP contribution in [0.5, 0.6) is 0 Å². The van der Waals surface area contributed by atoms with Crippen molar-refractivity contribution in [2.24, 2.45) is 0 Å². The van der Waals surface area contributed by atoms with E-state index in [0.29, 0.717) is 5.69 Å². The molecule has 3 aromatic carbocycles. The molecule has 3 rings (SSSR count). The first kappa shape index (κ1) is 24.5. The van der Waals surface area contributed by atoms with Gasteiger partial charge in [0.1, 0.15) is 6.54 Å². The lowest BCUT2D eigenvalue weighted by Crippen LogP contribution is -2.41. The quantitative estimate of drug-likeness (QED) is 0.537. The number of nitrogens with one attached hydrogen (secondary N) is 1. The summed E-state index contributed by atoms with van der Waals surface area (Å²) in [5, 5.41) is 3.03. The van der Waals surface area contributed by atoms with Gasteiger partial charge in [0.05, 0.1) is 18.0 Å². The molecule has 0 aliphatic rings. The van der Waals surface area contributed by atoms with Gasteiger partial charge in [0.15, 0.2) is 0 Å². The topological polar surface area (TPSA) is 66.5 Å². The predicted molar refractivity (Wildman–Crippen MR) is 135 cm³/mol. The summed E-state index contributed by atoms with van der Waals surface area (Å²) in [7, 11) is -3.66. The Morgan fingerprint density at radius 3 is 1.94 bits per heavy atom. The molecule has 0 heterocycles. The molecule has 0 bridgehead atoms. The van der Waals surface area contributed by atoms with Gasteiger partial charge in [-0.15, -0.1) is 0 Å². The van der Waals surface area contributed by atoms with E-state index in [0.717, 1.165) is 32.8 Å². The highest BCUT2D eigenvalue weighted by molar-refractivity contribution is 7.92. The first-order valence-corrected chi connectivity index (χ1v) is 12.8. The fourth-order valence-corrected chi connectivity index (χ4v) is 4.48. The lowest BCUT2D eigenvalue weighted by molar-refractivity contribution is -0.120. The molecule has 1 amide bonds. The highest BCUT2D eigenvalue weighted by Gasteiger charge is 2.24. The van der Waals surface area contributed by atoms with Crippen LogP contribution in [0.15, 0.2) is 78.9 Å². The molecule has 33 heavy (non-hydrogen) atoms. The van der Waals surface area contributed by atoms with Gasteiger partial charge in [0.2, 0.25) is 15.9 Å². The molecule has 5 nitrogen and oxygen atoms in total. The van der Waals surface area contributed by atoms with Gasteiger partial charge in [0, 0.05) is 0 Å². The Balaban J connectivity index is 1.87. The van der Waals surface area contributed by atoms with Crippen molar-refractivity contribution < 1.29 is 13.2 Å². The largest absolute Gasteiger partial charge is 0.344 e. The molecular formula is C27H32N2O3S. The Hall–Kier alpha value is -3.12. The van der Waals surface area contributed by atoms with Crippen LogP contribution in [0.1, 0.15) is 49.1 Å². The highest BCUT2D eigenvalue weighted by Crippen LogP contribution is 2.26. The van der Waals surface area contributed by atoms with Crippen LogP contribution in [0.3, 0.4) is 0 Å². The second kappa shape index (κ2) is 9.79. The Labute approximate surface area is 197 Å². The Bertz CT molecular complexity index is 1180. The van der Waals surface area contributed by atoms with Gasteiger partial charge in [-0.2, -0.15) is 0 Å². The maximum Gasteiger partial charge on any atom is 0.241 e. The van der Waals surface area contributed by atoms with E-state index >= 15 is 0 Å². The van der Waals surface area contributed by atoms with E-state index in [9.17, 15) is 13.2 Å². The number of rotatable bonds is 7. The van der Waals surface area contributed by atoms with E-state index in [2.05, 4.69) is 26.1 Å². The number of carbonyl (C=O) groups excluding carboxylic acids is 1. The molecule has 0 spiro atoms. The number of hydrogen-bond donors (Lipinski definition) is 1. The van der Waals surface area contributed by atoms with Crippen molar-refractivity contribution in [1.82, 2.24) is 5.32 Å². The fourth-order valence-electron chi connectivity index (χ4n) is 3.63. The third kappa shape index (κ3) is 6.45. The summed E-state index contributed by atoms with van der Waals surface area (Å²) in [5.74, 6) is -0.380. The van der Waals surface area contributed by atoms with Crippen molar-refractivity contribution in [1.29, 1.82) is 0 Å². The van der Waals surface area contributed by atoms with Crippen LogP contribution in [0.2, 0.25) is 0 Å². The number of carbonyl (C=O) groups is 1. The Morgan fingerprint density at radius 1 is 0.879 bits per heavy atom. The molecule has 0 unspecified atom stereocenters. The van der Waals surface area contributed by atoms with Crippen molar-refractivity contribution >= 4 is 21.6 Å². The Kier molecular flexibility index (Phi) is 7.28. The number of amides is 1. The Morgan fingerprint density at radius 2 is 1.42 bits per heavy atom. The number of aryl methyl sites for hydroxylation is 1. The molecule has 174 valence electrons. The van der Waals surface area contributed by atoms with E-state index in [-0.39, 0.29) is 23.9 Å². The van der Waals surface area contributed by atoms with Gasteiger partial charge in [0.25, 0.3) is 0 Å². The van der Waals surface area contributed by atoms with E-state index in [4.69, 9.17) is 0 Å². The molecule has 0 aromatic heterocycles. The van der Waals surface area contributed by atoms with Crippen LogP contribution in [0, 0.1) is 6.92 Å². The van der Waals surface area contributed by atoms with Crippen LogP contribution >= 0.6 is 0 Å². The maximum atomic E-state index is 13.1. The molecule has 0 saturated carbocycles. The van der Waals surface area contributed by atoms with E-state index in [1.807, 2.05) is 73.7 Å². The lowest BCUT2D eigenvalue weighted by Gasteiger charge is -2.26. The molecule has 0 aliphatic carbocycles. The molecule has 0 radical (unpaired) electrons. The van der Waals surface area contributed by atoms with Crippen molar-refractivity contribution in [3.05, 3.63) is 101 Å². The minimum Gasteiger partial charge on any atom is -0.344 e. The normalized spacial score (nSPS) is 12.8. The van der Waals surface area contributed by atoms with Gasteiger partial charge in [-0.05, 0) is 41.2 Å². The number of benzene rings is 3. The van der Waals surface area contributed by atoms with Gasteiger partial charge < -0.3 is 5.32 Å². The van der Waals surface area contributed by atoms with Gasteiger partial charge in [-0.3, -0.25) is 9.10 Å². The third-order valence-electron chi connectivity index (χ3n) is 5.56. The first-order chi connectivity index (χ1) is 15.4. The number of nitrogens with zero attached hydrogens (tertiary/aromatic N) is 1. The molecule has 0 aliphatic heterocycles. The average Bonchev–Trinajstić information content (AvgIpc) is 2.76. The third-order valence-corrected chi connectivity index (χ3v) is 6.70. The SMILES string of the molecule is Cc1ccc([C@@H](NC(=O)CN(c2ccc(C(C)(C)C)cc2)S(C)(=O)=O)c2ccccc2)cc1. The number of hydrogen-bond acceptors (Lipinski definition) is 3. The second-order valence-corrected chi connectivity index (χ2v) is 11.3. The molecule has 1 atom stereocenters. The molecule has 1 N–H and O–H groups in total. The van der Waals surface area contributed by atoms with E-state index in [1.54, 1.807) is 12.1 Å². The smallest absolute Gasteiger partial charge is 0.241 e. The van der Waals surface area contributed by atoms with Crippen LogP contribution < -0.4 is 9.62 Å². The van der Waals surface area contributed by atoms with Gasteiger partial charge in [-0.25, -0.2) is 8.42 Å². The number of anilines is 1. The maximum absolute atomic E-state index is 13.1. The minimum atomic E-state index is -3.66. The molecule has 6 heteroatoms. The molecule has 0 saturated heterocycles. The van der Waals surface area contributed by atoms with Crippen molar-refractivity contribution in [2.45, 2.75) is 39.2 Å². The predicted octanol–water partition coefficient (Wildman–Crippen LogP) is 4.96. The van der Waals surface area contributed by atoms with Gasteiger partial charge >= 0.3 is 0 Å². The van der Waals surface area contributed by atoms with Gasteiger partial charge in [-0.1, -0.05) is 93.1 Å². The van der Waals surface area contributed by atoms with Crippen molar-refractivity contribution in [2.75, 3.05) is 17.1 Å². The van der Waals surface area contributed by atoms with Crippen LogP contribution in [0.25, 0.3) is 0 Å². The van der Waals surface area contributed by atoms with Crippen molar-refractivity contribution in [3.8, 4) is 0 Å². The molecule has 0 fully saturated rings. The summed E-state index contributed by atoms with van der Waals surface area (Å²) in [6.07, 6.45) is 1.12. The standard InChI is InChI=1S/C27H32N2O3S/c1-20-11-13-22(14-12-20)26(21-9-7-6-8-10-21)28-25(30)19-29(33(5,31)32)24-17-15-23(16-18-24)27(2,3)4/h6-18,26H,19H2,1-5H3,(H,28,30)/t26-/m0/s1. The minimum absolute atomic E-state index is 0.0528. The highest BCUT2D eigenvalue weighted by atomic mass is 32.2. The zero-order chi connectivity index (χ0) is 24.2. The fraction of sp³-hybridized carbons (Fsp3) is 0.296. The summed E-state index contributed by atoms with van der Waals surface area (Å²) >= 11 is 0. The van der Waals surface area contributed by atoms with Crippen LogP contribution in [-0.2, 0) is 20.2 Å². The molecule has 3 aromatic rings. The van der Waals surface area contributed by atoms with Crippen LogP contribution in [-0.4, -0.2) is 27.1 Å². The molecular weight excluding hydrogens is 432 g/mol. The summed E-state index contributed by atoms with van der Waals surface area (Å²) in [4.78, 5) is 13.1. The summed E-state index contributed by atoms with van der Waals surface area (Å²) < 4.78 is 26.3. The average molecular weight is 465 g/mol. The monoisotopic (exact) mass is 464 g/mol. The number of sulfonamides is 1. The second-order valence-electron chi connectivity index (χ2n) is 9.39. The summed E-state index contributed by atoms with van der Waals surface area (Å²) in [6.45, 7) is 7.99. The summed E-state index contributed by atoms with van der Waals surface area (Å²) in [6, 6.07) is 24.5. The zero-order valence-electron chi connectivity index (χ0n) is 19.9. The van der Waals surface area contributed by atoms with Crippen LogP contribution in [0.4, 0.5) is 5.69 Å². The summed E-state index contributed by atoms with van der Waals surface area (Å²) in [5.41, 5.74) is 4.48. The van der Waals surface area contributed by atoms with E-state index < -0.39 is 10.0 Å².